The van der Waals surface area contributed by atoms with Crippen LogP contribution in [0.4, 0.5) is 15.3 Å². The second-order valence-electron chi connectivity index (χ2n) is 6.22. The number of carbonyl (C=O) groups is 3. The van der Waals surface area contributed by atoms with Crippen molar-refractivity contribution in [1.82, 2.24) is 0 Å². The van der Waals surface area contributed by atoms with E-state index in [9.17, 15) is 19.5 Å². The van der Waals surface area contributed by atoms with E-state index in [-0.39, 0.29) is 23.6 Å². The highest BCUT2D eigenvalue weighted by Crippen LogP contribution is 2.35. The first kappa shape index (κ1) is 24.6. The second-order valence-corrected chi connectivity index (χ2v) is 8.74. The van der Waals surface area contributed by atoms with Gasteiger partial charge in [-0.1, -0.05) is 71.2 Å². The van der Waals surface area contributed by atoms with Crippen molar-refractivity contribution in [3.8, 4) is 5.75 Å². The number of rotatable bonds is 7. The van der Waals surface area contributed by atoms with Crippen LogP contribution in [-0.4, -0.2) is 33.7 Å². The fourth-order valence-electron chi connectivity index (χ4n) is 2.44. The smallest absolute Gasteiger partial charge is 0.481 e. The molecule has 0 aliphatic rings. The molecule has 0 heterocycles. The molecule has 0 aromatic heterocycles. The second kappa shape index (κ2) is 11.1. The molecular weight excluding hydrogens is 473 g/mol. The van der Waals surface area contributed by atoms with Crippen molar-refractivity contribution in [2.45, 2.75) is 23.2 Å². The highest BCUT2D eigenvalue weighted by molar-refractivity contribution is 6.67. The third kappa shape index (κ3) is 8.16. The first-order chi connectivity index (χ1) is 14.6. The number of halogens is 3. The number of carboxylic acids is 1. The number of benzene rings is 2. The van der Waals surface area contributed by atoms with Gasteiger partial charge in [-0.15, -0.1) is 0 Å². The first-order valence-electron chi connectivity index (χ1n) is 8.81. The van der Waals surface area contributed by atoms with Crippen LogP contribution in [0.3, 0.4) is 0 Å². The van der Waals surface area contributed by atoms with Gasteiger partial charge in [0.25, 0.3) is 0 Å². The van der Waals surface area contributed by atoms with Crippen molar-refractivity contribution in [2.24, 2.45) is 0 Å². The molecule has 0 saturated heterocycles. The lowest BCUT2D eigenvalue weighted by Gasteiger charge is -2.18. The summed E-state index contributed by atoms with van der Waals surface area (Å²) in [6.45, 7) is 0.789. The summed E-state index contributed by atoms with van der Waals surface area (Å²) in [6, 6.07) is 13.2. The molecule has 2 aromatic carbocycles. The van der Waals surface area contributed by atoms with E-state index in [2.05, 4.69) is 5.32 Å². The van der Waals surface area contributed by atoms with Crippen molar-refractivity contribution in [2.75, 3.05) is 11.9 Å². The van der Waals surface area contributed by atoms with Crippen LogP contribution in [0.5, 0.6) is 5.75 Å². The van der Waals surface area contributed by atoms with Gasteiger partial charge in [0.1, 0.15) is 19.0 Å². The minimum atomic E-state index is -1.85. The highest BCUT2D eigenvalue weighted by Gasteiger charge is 2.27. The van der Waals surface area contributed by atoms with Crippen molar-refractivity contribution in [3.05, 3.63) is 59.7 Å². The summed E-state index contributed by atoms with van der Waals surface area (Å²) < 4.78 is 13.1. The van der Waals surface area contributed by atoms with E-state index in [1.165, 1.54) is 25.1 Å². The molecular formula is C20H18Cl3NO7. The van der Waals surface area contributed by atoms with Gasteiger partial charge >= 0.3 is 18.2 Å². The SMILES string of the molecule is CC(C(=O)O)c1c(NC(=O)OCc2ccccc2)cccc1OC(=O)OCC(Cl)(Cl)Cl. The van der Waals surface area contributed by atoms with E-state index in [0.717, 1.165) is 5.56 Å². The molecule has 0 bridgehead atoms. The van der Waals surface area contributed by atoms with Crippen LogP contribution < -0.4 is 10.1 Å². The Kier molecular flexibility index (Phi) is 8.79. The number of carbonyl (C=O) groups excluding carboxylic acids is 2. The zero-order valence-corrected chi connectivity index (χ0v) is 18.4. The van der Waals surface area contributed by atoms with Crippen molar-refractivity contribution in [3.63, 3.8) is 0 Å². The highest BCUT2D eigenvalue weighted by atomic mass is 35.6. The van der Waals surface area contributed by atoms with Crippen molar-refractivity contribution >= 4 is 58.7 Å². The summed E-state index contributed by atoms with van der Waals surface area (Å²) in [7, 11) is 0. The monoisotopic (exact) mass is 489 g/mol. The van der Waals surface area contributed by atoms with E-state index in [1.54, 1.807) is 24.3 Å². The Morgan fingerprint density at radius 1 is 1.03 bits per heavy atom. The molecule has 1 unspecified atom stereocenters. The summed E-state index contributed by atoms with van der Waals surface area (Å²) in [6.07, 6.45) is -2.03. The summed E-state index contributed by atoms with van der Waals surface area (Å²) in [5.41, 5.74) is 0.877. The fourth-order valence-corrected chi connectivity index (χ4v) is 2.60. The van der Waals surface area contributed by atoms with Gasteiger partial charge in [0.2, 0.25) is 3.79 Å². The molecule has 11 heteroatoms. The average molecular weight is 491 g/mol. The zero-order valence-electron chi connectivity index (χ0n) is 16.1. The van der Waals surface area contributed by atoms with Gasteiger partial charge in [-0.25, -0.2) is 9.59 Å². The van der Waals surface area contributed by atoms with Gasteiger partial charge in [-0.05, 0) is 24.6 Å². The molecule has 2 rings (SSSR count). The van der Waals surface area contributed by atoms with Crippen LogP contribution in [0, 0.1) is 0 Å². The number of aliphatic carboxylic acids is 1. The quantitative estimate of drug-likeness (QED) is 0.299. The number of ether oxygens (including phenoxy) is 3. The van der Waals surface area contributed by atoms with Gasteiger partial charge in [0.05, 0.1) is 11.6 Å². The number of hydrogen-bond acceptors (Lipinski definition) is 6. The predicted octanol–water partition coefficient (Wildman–Crippen LogP) is 5.51. The zero-order chi connectivity index (χ0) is 23.0. The Labute approximate surface area is 192 Å². The Morgan fingerprint density at radius 2 is 1.71 bits per heavy atom. The molecule has 0 fully saturated rings. The van der Waals surface area contributed by atoms with Gasteiger partial charge in [-0.2, -0.15) is 0 Å². The molecule has 0 radical (unpaired) electrons. The van der Waals surface area contributed by atoms with Crippen LogP contribution in [0.2, 0.25) is 0 Å². The van der Waals surface area contributed by atoms with Crippen LogP contribution in [0.25, 0.3) is 0 Å². The van der Waals surface area contributed by atoms with Gasteiger partial charge < -0.3 is 19.3 Å². The van der Waals surface area contributed by atoms with E-state index in [4.69, 9.17) is 49.0 Å². The maximum atomic E-state index is 12.2. The lowest BCUT2D eigenvalue weighted by atomic mass is 9.98. The van der Waals surface area contributed by atoms with Crippen LogP contribution in [0.1, 0.15) is 24.0 Å². The number of alkyl halides is 3. The number of nitrogens with one attached hydrogen (secondary N) is 1. The van der Waals surface area contributed by atoms with Crippen molar-refractivity contribution < 1.29 is 33.7 Å². The third-order valence-electron chi connectivity index (χ3n) is 3.87. The fraction of sp³-hybridized carbons (Fsp3) is 0.250. The largest absolute Gasteiger partial charge is 0.514 e. The maximum absolute atomic E-state index is 12.2. The molecule has 8 nitrogen and oxygen atoms in total. The number of hydrogen-bond donors (Lipinski definition) is 2. The maximum Gasteiger partial charge on any atom is 0.514 e. The van der Waals surface area contributed by atoms with E-state index in [1.807, 2.05) is 6.07 Å². The average Bonchev–Trinajstić information content (AvgIpc) is 2.71. The van der Waals surface area contributed by atoms with E-state index >= 15 is 0 Å². The number of amides is 1. The lowest BCUT2D eigenvalue weighted by Crippen LogP contribution is -2.22. The molecule has 1 amide bonds. The van der Waals surface area contributed by atoms with E-state index < -0.39 is 34.5 Å². The standard InChI is InChI=1S/C20H18Cl3NO7/c1-12(17(25)26)16-14(24-18(27)29-10-13-6-3-2-4-7-13)8-5-9-15(16)31-19(28)30-11-20(21,22)23/h2-9,12H,10-11H2,1H3,(H,24,27)(H,25,26). The lowest BCUT2D eigenvalue weighted by molar-refractivity contribution is -0.138. The molecule has 2 aromatic rings. The first-order valence-corrected chi connectivity index (χ1v) is 9.95. The Morgan fingerprint density at radius 3 is 2.32 bits per heavy atom. The Bertz CT molecular complexity index is 932. The molecule has 0 spiro atoms. The topological polar surface area (TPSA) is 111 Å². The molecule has 31 heavy (non-hydrogen) atoms. The molecule has 0 aliphatic carbocycles. The van der Waals surface area contributed by atoms with Gasteiger partial charge in [0.15, 0.2) is 0 Å². The van der Waals surface area contributed by atoms with E-state index in [0.29, 0.717) is 0 Å². The molecule has 0 saturated carbocycles. The number of anilines is 1. The van der Waals surface area contributed by atoms with Gasteiger partial charge in [0, 0.05) is 5.56 Å². The predicted molar refractivity (Wildman–Crippen MR) is 115 cm³/mol. The molecule has 1 atom stereocenters. The van der Waals surface area contributed by atoms with Crippen LogP contribution in [0.15, 0.2) is 48.5 Å². The molecule has 0 aliphatic heterocycles. The summed E-state index contributed by atoms with van der Waals surface area (Å²) in [4.78, 5) is 35.7. The minimum Gasteiger partial charge on any atom is -0.481 e. The Hall–Kier alpha value is -2.68. The summed E-state index contributed by atoms with van der Waals surface area (Å²) in [5, 5.41) is 11.9. The molecule has 166 valence electrons. The third-order valence-corrected chi connectivity index (χ3v) is 4.19. The normalized spacial score (nSPS) is 11.9. The van der Waals surface area contributed by atoms with Crippen LogP contribution in [-0.2, 0) is 20.9 Å². The van der Waals surface area contributed by atoms with Crippen LogP contribution >= 0.6 is 34.8 Å². The van der Waals surface area contributed by atoms with Crippen molar-refractivity contribution in [1.29, 1.82) is 0 Å². The van der Waals surface area contributed by atoms with Gasteiger partial charge in [-0.3, -0.25) is 10.1 Å². The number of carboxylic acid groups (broad SMARTS) is 1. The summed E-state index contributed by atoms with van der Waals surface area (Å²) >= 11 is 16.6. The molecule has 2 N–H and O–H groups in total. The Balaban J connectivity index is 2.18. The minimum absolute atomic E-state index is 0.00996. The summed E-state index contributed by atoms with van der Waals surface area (Å²) in [5.74, 6) is -2.52.